The second-order valence-electron chi connectivity index (χ2n) is 4.49. The number of hydrogen-bond acceptors (Lipinski definition) is 4. The van der Waals surface area contributed by atoms with Gasteiger partial charge in [0, 0.05) is 30.4 Å². The number of ether oxygens (including phenoxy) is 1. The van der Waals surface area contributed by atoms with E-state index >= 15 is 0 Å². The first kappa shape index (κ1) is 15.2. The summed E-state index contributed by atoms with van der Waals surface area (Å²) in [6.07, 6.45) is 0.922. The van der Waals surface area contributed by atoms with Gasteiger partial charge in [0.05, 0.1) is 6.61 Å². The van der Waals surface area contributed by atoms with Gasteiger partial charge in [-0.05, 0) is 25.3 Å². The molecule has 0 aliphatic rings. The van der Waals surface area contributed by atoms with Crippen LogP contribution in [0.3, 0.4) is 0 Å². The summed E-state index contributed by atoms with van der Waals surface area (Å²) in [4.78, 5) is 8.85. The molecule has 0 spiro atoms. The van der Waals surface area contributed by atoms with E-state index in [4.69, 9.17) is 16.3 Å². The predicted octanol–water partition coefficient (Wildman–Crippen LogP) is 2.97. The van der Waals surface area contributed by atoms with Crippen LogP contribution >= 0.6 is 11.6 Å². The SMILES string of the molecule is Cc1cc(C(C)C)nc(NCCCOCCCl)n1. The van der Waals surface area contributed by atoms with Gasteiger partial charge in [-0.25, -0.2) is 9.97 Å². The molecule has 0 radical (unpaired) electrons. The van der Waals surface area contributed by atoms with Crippen LogP contribution in [-0.2, 0) is 4.74 Å². The fourth-order valence-electron chi connectivity index (χ4n) is 1.50. The van der Waals surface area contributed by atoms with Gasteiger partial charge >= 0.3 is 0 Å². The third kappa shape index (κ3) is 5.65. The van der Waals surface area contributed by atoms with E-state index in [1.807, 2.05) is 13.0 Å². The second kappa shape index (κ2) is 8.27. The Morgan fingerprint density at radius 1 is 1.33 bits per heavy atom. The minimum Gasteiger partial charge on any atom is -0.380 e. The van der Waals surface area contributed by atoms with Gasteiger partial charge in [0.25, 0.3) is 0 Å². The molecule has 0 saturated carbocycles. The summed E-state index contributed by atoms with van der Waals surface area (Å²) in [7, 11) is 0. The molecule has 0 amide bonds. The Balaban J connectivity index is 2.37. The van der Waals surface area contributed by atoms with E-state index in [1.54, 1.807) is 0 Å². The van der Waals surface area contributed by atoms with E-state index in [0.29, 0.717) is 31.0 Å². The third-order valence-corrected chi connectivity index (χ3v) is 2.59. The van der Waals surface area contributed by atoms with Crippen LogP contribution in [0.2, 0.25) is 0 Å². The van der Waals surface area contributed by atoms with Crippen LogP contribution in [-0.4, -0.2) is 35.6 Å². The van der Waals surface area contributed by atoms with E-state index in [2.05, 4.69) is 29.1 Å². The molecule has 0 saturated heterocycles. The van der Waals surface area contributed by atoms with Crippen LogP contribution in [0.25, 0.3) is 0 Å². The smallest absolute Gasteiger partial charge is 0.223 e. The molecule has 0 bridgehead atoms. The highest BCUT2D eigenvalue weighted by atomic mass is 35.5. The molecule has 0 aliphatic heterocycles. The molecule has 1 aromatic heterocycles. The van der Waals surface area contributed by atoms with Crippen molar-refractivity contribution < 1.29 is 4.74 Å². The predicted molar refractivity (Wildman–Crippen MR) is 75.5 cm³/mol. The summed E-state index contributed by atoms with van der Waals surface area (Å²) >= 11 is 5.51. The van der Waals surface area contributed by atoms with Crippen molar-refractivity contribution in [2.24, 2.45) is 0 Å². The monoisotopic (exact) mass is 271 g/mol. The second-order valence-corrected chi connectivity index (χ2v) is 4.87. The molecule has 18 heavy (non-hydrogen) atoms. The summed E-state index contributed by atoms with van der Waals surface area (Å²) < 4.78 is 5.29. The van der Waals surface area contributed by atoms with Gasteiger partial charge in [0.15, 0.2) is 0 Å². The Bertz CT molecular complexity index is 358. The molecular weight excluding hydrogens is 250 g/mol. The number of hydrogen-bond donors (Lipinski definition) is 1. The molecule has 4 nitrogen and oxygen atoms in total. The number of halogens is 1. The van der Waals surface area contributed by atoms with Crippen LogP contribution < -0.4 is 5.32 Å². The molecule has 1 N–H and O–H groups in total. The van der Waals surface area contributed by atoms with E-state index in [-0.39, 0.29) is 0 Å². The lowest BCUT2D eigenvalue weighted by atomic mass is 10.1. The van der Waals surface area contributed by atoms with Gasteiger partial charge in [0.2, 0.25) is 5.95 Å². The zero-order valence-electron chi connectivity index (χ0n) is 11.4. The topological polar surface area (TPSA) is 47.0 Å². The highest BCUT2D eigenvalue weighted by molar-refractivity contribution is 6.17. The molecule has 0 unspecified atom stereocenters. The first-order valence-electron chi connectivity index (χ1n) is 6.36. The average molecular weight is 272 g/mol. The maximum absolute atomic E-state index is 5.51. The molecule has 1 aromatic rings. The molecule has 1 rings (SSSR count). The molecular formula is C13H22ClN3O. The number of nitrogens with zero attached hydrogens (tertiary/aromatic N) is 2. The van der Waals surface area contributed by atoms with E-state index in [0.717, 1.165) is 24.4 Å². The number of aromatic nitrogens is 2. The molecule has 0 fully saturated rings. The van der Waals surface area contributed by atoms with Crippen molar-refractivity contribution in [3.8, 4) is 0 Å². The maximum Gasteiger partial charge on any atom is 0.223 e. The van der Waals surface area contributed by atoms with Crippen molar-refractivity contribution >= 4 is 17.5 Å². The van der Waals surface area contributed by atoms with Gasteiger partial charge < -0.3 is 10.1 Å². The van der Waals surface area contributed by atoms with E-state index in [9.17, 15) is 0 Å². The van der Waals surface area contributed by atoms with Crippen LogP contribution in [0.5, 0.6) is 0 Å². The summed E-state index contributed by atoms with van der Waals surface area (Å²) in [5, 5.41) is 3.22. The van der Waals surface area contributed by atoms with Crippen LogP contribution in [0.4, 0.5) is 5.95 Å². The van der Waals surface area contributed by atoms with E-state index < -0.39 is 0 Å². The Kier molecular flexibility index (Phi) is 6.98. The van der Waals surface area contributed by atoms with E-state index in [1.165, 1.54) is 0 Å². The van der Waals surface area contributed by atoms with Crippen molar-refractivity contribution in [3.05, 3.63) is 17.5 Å². The van der Waals surface area contributed by atoms with Crippen molar-refractivity contribution in [1.82, 2.24) is 9.97 Å². The Morgan fingerprint density at radius 2 is 2.11 bits per heavy atom. The number of anilines is 1. The standard InChI is InChI=1S/C13H22ClN3O/c1-10(2)12-9-11(3)16-13(17-12)15-6-4-7-18-8-5-14/h9-10H,4-8H2,1-3H3,(H,15,16,17). The van der Waals surface area contributed by atoms with Gasteiger partial charge in [0.1, 0.15) is 0 Å². The minimum absolute atomic E-state index is 0.416. The van der Waals surface area contributed by atoms with Crippen molar-refractivity contribution in [3.63, 3.8) is 0 Å². The normalized spacial score (nSPS) is 10.9. The van der Waals surface area contributed by atoms with Crippen molar-refractivity contribution in [2.75, 3.05) is 31.0 Å². The first-order chi connectivity index (χ1) is 8.63. The summed E-state index contributed by atoms with van der Waals surface area (Å²) in [6, 6.07) is 2.03. The molecule has 1 heterocycles. The fourth-order valence-corrected chi connectivity index (χ4v) is 1.61. The third-order valence-electron chi connectivity index (χ3n) is 2.44. The number of nitrogens with one attached hydrogen (secondary N) is 1. The Morgan fingerprint density at radius 3 is 2.78 bits per heavy atom. The molecule has 5 heteroatoms. The lowest BCUT2D eigenvalue weighted by Crippen LogP contribution is -2.10. The lowest BCUT2D eigenvalue weighted by molar-refractivity contribution is 0.149. The number of alkyl halides is 1. The minimum atomic E-state index is 0.416. The number of aryl methyl sites for hydroxylation is 1. The lowest BCUT2D eigenvalue weighted by Gasteiger charge is -2.10. The van der Waals surface area contributed by atoms with Crippen LogP contribution in [0, 0.1) is 6.92 Å². The van der Waals surface area contributed by atoms with Crippen LogP contribution in [0.1, 0.15) is 37.6 Å². The average Bonchev–Trinajstić information content (AvgIpc) is 2.33. The summed E-state index contributed by atoms with van der Waals surface area (Å²) in [5.41, 5.74) is 2.07. The fraction of sp³-hybridized carbons (Fsp3) is 0.692. The van der Waals surface area contributed by atoms with Gasteiger partial charge in [-0.2, -0.15) is 0 Å². The van der Waals surface area contributed by atoms with Gasteiger partial charge in [-0.1, -0.05) is 13.8 Å². The highest BCUT2D eigenvalue weighted by Crippen LogP contribution is 2.14. The molecule has 0 aromatic carbocycles. The largest absolute Gasteiger partial charge is 0.380 e. The Labute approximate surface area is 114 Å². The van der Waals surface area contributed by atoms with Crippen LogP contribution in [0.15, 0.2) is 6.07 Å². The van der Waals surface area contributed by atoms with Crippen molar-refractivity contribution in [1.29, 1.82) is 0 Å². The molecule has 0 atom stereocenters. The zero-order chi connectivity index (χ0) is 13.4. The summed E-state index contributed by atoms with van der Waals surface area (Å²) in [6.45, 7) is 8.38. The first-order valence-corrected chi connectivity index (χ1v) is 6.90. The Hall–Kier alpha value is -0.870. The summed E-state index contributed by atoms with van der Waals surface area (Å²) in [5.74, 6) is 1.67. The van der Waals surface area contributed by atoms with Gasteiger partial charge in [-0.3, -0.25) is 0 Å². The highest BCUT2D eigenvalue weighted by Gasteiger charge is 2.05. The molecule has 102 valence electrons. The quantitative estimate of drug-likeness (QED) is 0.583. The molecule has 0 aliphatic carbocycles. The van der Waals surface area contributed by atoms with Crippen molar-refractivity contribution in [2.45, 2.75) is 33.1 Å². The zero-order valence-corrected chi connectivity index (χ0v) is 12.1. The number of rotatable bonds is 8. The maximum atomic E-state index is 5.51. The van der Waals surface area contributed by atoms with Gasteiger partial charge in [-0.15, -0.1) is 11.6 Å².